The van der Waals surface area contributed by atoms with Gasteiger partial charge in [0.05, 0.1) is 12.5 Å². The molecule has 1 aromatic rings. The molecule has 1 N–H and O–H groups in total. The van der Waals surface area contributed by atoms with Gasteiger partial charge < -0.3 is 9.84 Å². The van der Waals surface area contributed by atoms with Gasteiger partial charge in [0.1, 0.15) is 11.9 Å². The molecule has 4 heteroatoms. The minimum absolute atomic E-state index is 0.427. The predicted octanol–water partition coefficient (Wildman–Crippen LogP) is 3.23. The summed E-state index contributed by atoms with van der Waals surface area (Å²) in [6.45, 7) is 1.42. The molecule has 0 amide bonds. The van der Waals surface area contributed by atoms with E-state index in [-0.39, 0.29) is 0 Å². The van der Waals surface area contributed by atoms with Crippen molar-refractivity contribution in [2.24, 2.45) is 0 Å². The first-order valence-electron chi connectivity index (χ1n) is 6.08. The topological polar surface area (TPSA) is 46.5 Å². The number of alkyl halides is 1. The molecule has 1 saturated carbocycles. The van der Waals surface area contributed by atoms with Gasteiger partial charge in [0.2, 0.25) is 0 Å². The van der Waals surface area contributed by atoms with Crippen LogP contribution in [0.4, 0.5) is 4.39 Å². The Balaban J connectivity index is 2.63. The molecule has 1 aliphatic carbocycles. The smallest absolute Gasteiger partial charge is 0.314 e. The zero-order valence-electron chi connectivity index (χ0n) is 10.6. The summed E-state index contributed by atoms with van der Waals surface area (Å²) in [6.07, 6.45) is 0.738. The molecule has 0 heterocycles. The lowest BCUT2D eigenvalue weighted by Gasteiger charge is -2.40. The van der Waals surface area contributed by atoms with Crippen LogP contribution < -0.4 is 4.74 Å². The van der Waals surface area contributed by atoms with Gasteiger partial charge in [0.25, 0.3) is 0 Å². The highest BCUT2D eigenvalue weighted by Crippen LogP contribution is 2.50. The number of ether oxygens (including phenoxy) is 1. The molecule has 0 radical (unpaired) electrons. The largest absolute Gasteiger partial charge is 0.496 e. The fraction of sp³-hybridized carbons (Fsp3) is 0.500. The van der Waals surface area contributed by atoms with Crippen LogP contribution in [0.25, 0.3) is 0 Å². The molecule has 98 valence electrons. The molecule has 0 saturated heterocycles. The number of benzene rings is 1. The number of halogens is 1. The second-order valence-electron chi connectivity index (χ2n) is 4.78. The lowest BCUT2D eigenvalue weighted by molar-refractivity contribution is -0.147. The standard InChI is InChI=1S/C14H17FO3/c1-9(15)10-5-3-6-11(18-2)12(10)14(13(16)17)7-4-8-14/h3,5-6,9H,4,7-8H2,1-2H3,(H,16,17). The van der Waals surface area contributed by atoms with Crippen molar-refractivity contribution in [2.45, 2.75) is 37.8 Å². The Morgan fingerprint density at radius 2 is 2.17 bits per heavy atom. The number of carboxylic acid groups (broad SMARTS) is 1. The SMILES string of the molecule is COc1cccc(C(C)F)c1C1(C(=O)O)CCC1. The third kappa shape index (κ3) is 1.76. The van der Waals surface area contributed by atoms with Crippen molar-refractivity contribution in [1.29, 1.82) is 0 Å². The monoisotopic (exact) mass is 252 g/mol. The van der Waals surface area contributed by atoms with Crippen molar-refractivity contribution in [1.82, 2.24) is 0 Å². The van der Waals surface area contributed by atoms with Crippen LogP contribution in [0, 0.1) is 0 Å². The van der Waals surface area contributed by atoms with E-state index in [1.807, 2.05) is 0 Å². The maximum atomic E-state index is 13.7. The molecule has 1 aromatic carbocycles. The maximum Gasteiger partial charge on any atom is 0.314 e. The number of hydrogen-bond donors (Lipinski definition) is 1. The van der Waals surface area contributed by atoms with Gasteiger partial charge in [-0.1, -0.05) is 18.6 Å². The Bertz CT molecular complexity index is 464. The third-order valence-electron chi connectivity index (χ3n) is 3.80. The molecule has 0 spiro atoms. The molecule has 1 aliphatic rings. The molecule has 2 rings (SSSR count). The van der Waals surface area contributed by atoms with E-state index in [4.69, 9.17) is 4.74 Å². The van der Waals surface area contributed by atoms with Gasteiger partial charge in [0, 0.05) is 5.56 Å². The summed E-state index contributed by atoms with van der Waals surface area (Å²) in [5, 5.41) is 9.49. The lowest BCUT2D eigenvalue weighted by atomic mass is 9.62. The Morgan fingerprint density at radius 1 is 1.50 bits per heavy atom. The van der Waals surface area contributed by atoms with Gasteiger partial charge >= 0.3 is 5.97 Å². The molecular formula is C14H17FO3. The average Bonchev–Trinajstić information content (AvgIpc) is 2.26. The summed E-state index contributed by atoms with van der Waals surface area (Å²) < 4.78 is 19.0. The molecule has 18 heavy (non-hydrogen) atoms. The summed E-state index contributed by atoms with van der Waals surface area (Å²) in [5.41, 5.74) is -0.0276. The van der Waals surface area contributed by atoms with E-state index in [0.717, 1.165) is 6.42 Å². The zero-order chi connectivity index (χ0) is 13.3. The molecule has 0 bridgehead atoms. The van der Waals surface area contributed by atoms with Gasteiger partial charge in [-0.15, -0.1) is 0 Å². The predicted molar refractivity (Wildman–Crippen MR) is 65.7 cm³/mol. The van der Waals surface area contributed by atoms with Crippen molar-refractivity contribution < 1.29 is 19.0 Å². The summed E-state index contributed by atoms with van der Waals surface area (Å²) in [7, 11) is 1.49. The van der Waals surface area contributed by atoms with Gasteiger partial charge in [-0.2, -0.15) is 0 Å². The van der Waals surface area contributed by atoms with Crippen molar-refractivity contribution in [3.05, 3.63) is 29.3 Å². The molecular weight excluding hydrogens is 235 g/mol. The van der Waals surface area contributed by atoms with Crippen molar-refractivity contribution in [2.75, 3.05) is 7.11 Å². The highest BCUT2D eigenvalue weighted by molar-refractivity contribution is 5.84. The second-order valence-corrected chi connectivity index (χ2v) is 4.78. The molecule has 1 unspecified atom stereocenters. The minimum atomic E-state index is -1.20. The fourth-order valence-electron chi connectivity index (χ4n) is 2.66. The van der Waals surface area contributed by atoms with Crippen molar-refractivity contribution in [3.63, 3.8) is 0 Å². The Morgan fingerprint density at radius 3 is 2.56 bits per heavy atom. The van der Waals surface area contributed by atoms with Crippen molar-refractivity contribution >= 4 is 5.97 Å². The number of methoxy groups -OCH3 is 1. The molecule has 0 aliphatic heterocycles. The quantitative estimate of drug-likeness (QED) is 0.894. The first-order chi connectivity index (χ1) is 8.53. The normalized spacial score (nSPS) is 18.8. The summed E-state index contributed by atoms with van der Waals surface area (Å²) in [4.78, 5) is 11.6. The van der Waals surface area contributed by atoms with Crippen LogP contribution in [0.15, 0.2) is 18.2 Å². The maximum absolute atomic E-state index is 13.7. The van der Waals surface area contributed by atoms with Crippen LogP contribution in [-0.2, 0) is 10.2 Å². The fourth-order valence-corrected chi connectivity index (χ4v) is 2.66. The zero-order valence-corrected chi connectivity index (χ0v) is 10.6. The van der Waals surface area contributed by atoms with Crippen LogP contribution in [0.1, 0.15) is 43.5 Å². The molecule has 1 atom stereocenters. The summed E-state index contributed by atoms with van der Waals surface area (Å²) >= 11 is 0. The van der Waals surface area contributed by atoms with Gasteiger partial charge in [-0.05, 0) is 31.4 Å². The Hall–Kier alpha value is -1.58. The van der Waals surface area contributed by atoms with E-state index < -0.39 is 17.6 Å². The van der Waals surface area contributed by atoms with Gasteiger partial charge in [0.15, 0.2) is 0 Å². The van der Waals surface area contributed by atoms with Crippen LogP contribution in [-0.4, -0.2) is 18.2 Å². The number of aliphatic carboxylic acids is 1. The summed E-state index contributed by atoms with van der Waals surface area (Å²) in [6, 6.07) is 5.04. The van der Waals surface area contributed by atoms with Crippen LogP contribution in [0.5, 0.6) is 5.75 Å². The van der Waals surface area contributed by atoms with E-state index >= 15 is 0 Å². The van der Waals surface area contributed by atoms with Crippen LogP contribution in [0.3, 0.4) is 0 Å². The highest BCUT2D eigenvalue weighted by atomic mass is 19.1. The van der Waals surface area contributed by atoms with Crippen LogP contribution in [0.2, 0.25) is 0 Å². The van der Waals surface area contributed by atoms with E-state index in [2.05, 4.69) is 0 Å². The van der Waals surface area contributed by atoms with Gasteiger partial charge in [-0.3, -0.25) is 4.79 Å². The number of carbonyl (C=O) groups is 1. The van der Waals surface area contributed by atoms with E-state index in [9.17, 15) is 14.3 Å². The Kier molecular flexibility index (Phi) is 3.28. The highest BCUT2D eigenvalue weighted by Gasteiger charge is 2.49. The van der Waals surface area contributed by atoms with Crippen molar-refractivity contribution in [3.8, 4) is 5.75 Å². The third-order valence-corrected chi connectivity index (χ3v) is 3.80. The average molecular weight is 252 g/mol. The molecule has 1 fully saturated rings. The number of hydrogen-bond acceptors (Lipinski definition) is 2. The molecule has 3 nitrogen and oxygen atoms in total. The van der Waals surface area contributed by atoms with E-state index in [1.54, 1.807) is 18.2 Å². The number of rotatable bonds is 4. The van der Waals surface area contributed by atoms with E-state index in [0.29, 0.717) is 29.7 Å². The number of carboxylic acids is 1. The van der Waals surface area contributed by atoms with Crippen LogP contribution >= 0.6 is 0 Å². The molecule has 0 aromatic heterocycles. The van der Waals surface area contributed by atoms with E-state index in [1.165, 1.54) is 14.0 Å². The second kappa shape index (κ2) is 4.59. The minimum Gasteiger partial charge on any atom is -0.496 e. The Labute approximate surface area is 106 Å². The summed E-state index contributed by atoms with van der Waals surface area (Å²) in [5.74, 6) is -0.417. The first kappa shape index (κ1) is 12.9. The first-order valence-corrected chi connectivity index (χ1v) is 6.08. The van der Waals surface area contributed by atoms with Gasteiger partial charge in [-0.25, -0.2) is 4.39 Å². The lowest BCUT2D eigenvalue weighted by Crippen LogP contribution is -2.43.